The maximum Gasteiger partial charge on any atom is 0.338 e. The first kappa shape index (κ1) is 16.9. The lowest BCUT2D eigenvalue weighted by molar-refractivity contribution is -0.145. The first-order valence-corrected chi connectivity index (χ1v) is 8.56. The summed E-state index contributed by atoms with van der Waals surface area (Å²) < 4.78 is 4.92. The summed E-state index contributed by atoms with van der Waals surface area (Å²) in [5.74, 6) is -0.737. The van der Waals surface area contributed by atoms with Crippen LogP contribution in [-0.4, -0.2) is 24.6 Å². The highest BCUT2D eigenvalue weighted by Gasteiger charge is 2.57. The molecule has 128 valence electrons. The molecule has 0 amide bonds. The second-order valence-corrected chi connectivity index (χ2v) is 7.89. The van der Waals surface area contributed by atoms with Gasteiger partial charge in [-0.3, -0.25) is 4.79 Å². The van der Waals surface area contributed by atoms with Crippen LogP contribution in [-0.2, 0) is 19.1 Å². The number of cyclic esters (lactones) is 1. The molecule has 3 atom stereocenters. The minimum atomic E-state index is -0.711. The average molecular weight is 328 g/mol. The number of ketones is 1. The Bertz CT molecular complexity index is 680. The zero-order valence-electron chi connectivity index (χ0n) is 14.5. The van der Waals surface area contributed by atoms with Crippen molar-refractivity contribution in [1.29, 1.82) is 0 Å². The van der Waals surface area contributed by atoms with Crippen LogP contribution >= 0.6 is 0 Å². The Morgan fingerprint density at radius 3 is 2.62 bits per heavy atom. The zero-order valence-corrected chi connectivity index (χ0v) is 14.5. The van der Waals surface area contributed by atoms with E-state index < -0.39 is 5.41 Å². The lowest BCUT2D eigenvalue weighted by atomic mass is 9.48. The lowest BCUT2D eigenvalue weighted by Gasteiger charge is -2.53. The summed E-state index contributed by atoms with van der Waals surface area (Å²) in [6, 6.07) is 0. The Balaban J connectivity index is 2.05. The second-order valence-electron chi connectivity index (χ2n) is 7.89. The Morgan fingerprint density at radius 1 is 1.25 bits per heavy atom. The number of allylic oxidation sites excluding steroid dienone is 3. The Labute approximate surface area is 142 Å². The molecule has 0 aromatic rings. The van der Waals surface area contributed by atoms with Crippen LogP contribution in [0.3, 0.4) is 0 Å². The van der Waals surface area contributed by atoms with Crippen molar-refractivity contribution in [3.63, 3.8) is 0 Å². The van der Waals surface area contributed by atoms with Gasteiger partial charge in [0.25, 0.3) is 0 Å². The number of aldehydes is 1. The molecule has 0 bridgehead atoms. The van der Waals surface area contributed by atoms with Gasteiger partial charge in [-0.1, -0.05) is 38.0 Å². The molecule has 4 nitrogen and oxygen atoms in total. The number of esters is 1. The molecule has 4 heteroatoms. The van der Waals surface area contributed by atoms with E-state index in [4.69, 9.17) is 4.74 Å². The second kappa shape index (κ2) is 5.83. The maximum absolute atomic E-state index is 12.7. The van der Waals surface area contributed by atoms with Crippen LogP contribution in [0.2, 0.25) is 0 Å². The lowest BCUT2D eigenvalue weighted by Crippen LogP contribution is -2.54. The van der Waals surface area contributed by atoms with Crippen LogP contribution in [0.4, 0.5) is 0 Å². The third-order valence-corrected chi connectivity index (χ3v) is 5.91. The number of ether oxygens (including phenoxy) is 1. The molecule has 0 aromatic carbocycles. The fourth-order valence-electron chi connectivity index (χ4n) is 4.91. The molecule has 1 heterocycles. The van der Waals surface area contributed by atoms with Gasteiger partial charge in [0.05, 0.1) is 5.57 Å². The molecule has 0 aromatic heterocycles. The van der Waals surface area contributed by atoms with E-state index in [1.54, 1.807) is 18.2 Å². The summed E-state index contributed by atoms with van der Waals surface area (Å²) in [6.45, 7) is 6.36. The first-order chi connectivity index (χ1) is 11.3. The molecule has 0 unspecified atom stereocenters. The topological polar surface area (TPSA) is 60.4 Å². The van der Waals surface area contributed by atoms with Crippen LogP contribution in [0.1, 0.15) is 40.0 Å². The van der Waals surface area contributed by atoms with Gasteiger partial charge in [-0.05, 0) is 37.3 Å². The molecule has 1 saturated carbocycles. The fraction of sp³-hybridized carbons (Fsp3) is 0.550. The molecular formula is C20H24O4. The predicted molar refractivity (Wildman–Crippen MR) is 90.1 cm³/mol. The van der Waals surface area contributed by atoms with Crippen molar-refractivity contribution < 1.29 is 19.1 Å². The van der Waals surface area contributed by atoms with Crippen molar-refractivity contribution in [3.8, 4) is 0 Å². The van der Waals surface area contributed by atoms with Gasteiger partial charge >= 0.3 is 5.97 Å². The van der Waals surface area contributed by atoms with E-state index in [-0.39, 0.29) is 29.0 Å². The molecule has 0 spiro atoms. The van der Waals surface area contributed by atoms with Crippen LogP contribution in [0.5, 0.6) is 0 Å². The first-order valence-electron chi connectivity index (χ1n) is 8.56. The zero-order chi connectivity index (χ0) is 17.5. The highest BCUT2D eigenvalue weighted by molar-refractivity contribution is 5.98. The van der Waals surface area contributed by atoms with Gasteiger partial charge in [0.2, 0.25) is 0 Å². The average Bonchev–Trinajstić information content (AvgIpc) is 2.90. The fourth-order valence-corrected chi connectivity index (χ4v) is 4.91. The van der Waals surface area contributed by atoms with Gasteiger partial charge in [0.1, 0.15) is 12.9 Å². The molecule has 2 aliphatic carbocycles. The molecule has 3 rings (SSSR count). The van der Waals surface area contributed by atoms with Crippen LogP contribution in [0, 0.1) is 22.7 Å². The van der Waals surface area contributed by atoms with Crippen molar-refractivity contribution in [1.82, 2.24) is 0 Å². The third kappa shape index (κ3) is 2.48. The van der Waals surface area contributed by atoms with E-state index in [0.717, 1.165) is 24.7 Å². The quantitative estimate of drug-likeness (QED) is 0.590. The number of fused-ring (bicyclic) bond motifs is 1. The maximum atomic E-state index is 12.7. The number of carbonyl (C=O) groups excluding carboxylic acids is 3. The predicted octanol–water partition coefficient (Wildman–Crippen LogP) is 3.18. The summed E-state index contributed by atoms with van der Waals surface area (Å²) in [7, 11) is 0. The van der Waals surface area contributed by atoms with Crippen molar-refractivity contribution in [2.75, 3.05) is 6.61 Å². The Morgan fingerprint density at radius 2 is 2.00 bits per heavy atom. The molecule has 0 N–H and O–H groups in total. The summed E-state index contributed by atoms with van der Waals surface area (Å²) in [6.07, 6.45) is 10.7. The van der Waals surface area contributed by atoms with Crippen molar-refractivity contribution in [2.24, 2.45) is 22.7 Å². The van der Waals surface area contributed by atoms with E-state index in [1.165, 1.54) is 0 Å². The van der Waals surface area contributed by atoms with E-state index >= 15 is 0 Å². The minimum Gasteiger partial charge on any atom is -0.458 e. The molecule has 3 aliphatic rings. The van der Waals surface area contributed by atoms with E-state index in [1.807, 2.05) is 13.0 Å². The number of hydrogen-bond acceptors (Lipinski definition) is 4. The van der Waals surface area contributed by atoms with Gasteiger partial charge in [0.15, 0.2) is 5.78 Å². The monoisotopic (exact) mass is 328 g/mol. The van der Waals surface area contributed by atoms with Crippen LogP contribution in [0.25, 0.3) is 0 Å². The highest BCUT2D eigenvalue weighted by Crippen LogP contribution is 2.58. The largest absolute Gasteiger partial charge is 0.458 e. The molecular weight excluding hydrogens is 304 g/mol. The van der Waals surface area contributed by atoms with Crippen molar-refractivity contribution in [3.05, 3.63) is 35.5 Å². The van der Waals surface area contributed by atoms with Crippen LogP contribution in [0.15, 0.2) is 35.5 Å². The molecule has 1 aliphatic heterocycles. The van der Waals surface area contributed by atoms with Crippen molar-refractivity contribution >= 4 is 18.0 Å². The molecule has 1 fully saturated rings. The molecule has 24 heavy (non-hydrogen) atoms. The van der Waals surface area contributed by atoms with Gasteiger partial charge in [0, 0.05) is 17.3 Å². The van der Waals surface area contributed by atoms with Gasteiger partial charge in [-0.15, -0.1) is 0 Å². The molecule has 0 radical (unpaired) electrons. The SMILES string of the molecule is CC1=CC(=O)[C@H]2C(C)(C)CCC[C@]2(C=O)[C@H]1C=CC1=CCOC1=O. The van der Waals surface area contributed by atoms with E-state index in [2.05, 4.69) is 13.8 Å². The Kier molecular flexibility index (Phi) is 4.10. The summed E-state index contributed by atoms with van der Waals surface area (Å²) in [5.41, 5.74) is 0.499. The van der Waals surface area contributed by atoms with Gasteiger partial charge in [-0.2, -0.15) is 0 Å². The third-order valence-electron chi connectivity index (χ3n) is 5.91. The molecule has 0 saturated heterocycles. The summed E-state index contributed by atoms with van der Waals surface area (Å²) in [5, 5.41) is 0. The number of rotatable bonds is 3. The van der Waals surface area contributed by atoms with Gasteiger partial charge < -0.3 is 9.53 Å². The number of carbonyl (C=O) groups is 3. The summed E-state index contributed by atoms with van der Waals surface area (Å²) in [4.78, 5) is 36.6. The minimum absolute atomic E-state index is 0.0634. The van der Waals surface area contributed by atoms with Gasteiger partial charge in [-0.25, -0.2) is 4.79 Å². The standard InChI is InChI=1S/C20H24O4/c1-13-11-16(22)17-19(2,3)8-4-9-20(17,12-21)15(13)6-5-14-7-10-24-18(14)23/h5-7,11-12,15,17H,4,8-10H2,1-3H3/t15-,17-,20-/m0/s1. The van der Waals surface area contributed by atoms with Crippen molar-refractivity contribution in [2.45, 2.75) is 40.0 Å². The highest BCUT2D eigenvalue weighted by atomic mass is 16.5. The van der Waals surface area contributed by atoms with E-state index in [9.17, 15) is 14.4 Å². The summed E-state index contributed by atoms with van der Waals surface area (Å²) >= 11 is 0. The smallest absolute Gasteiger partial charge is 0.338 e. The Hall–Kier alpha value is -1.97. The van der Waals surface area contributed by atoms with E-state index in [0.29, 0.717) is 18.6 Å². The van der Waals surface area contributed by atoms with Crippen LogP contribution < -0.4 is 0 Å². The normalized spacial score (nSPS) is 35.3. The number of hydrogen-bond donors (Lipinski definition) is 0.